The summed E-state index contributed by atoms with van der Waals surface area (Å²) in [6, 6.07) is 7.17. The highest BCUT2D eigenvalue weighted by Gasteiger charge is 2.48. The summed E-state index contributed by atoms with van der Waals surface area (Å²) in [7, 11) is 1.67. The topological polar surface area (TPSA) is 93.9 Å². The first-order chi connectivity index (χ1) is 11.5. The molecule has 24 heavy (non-hydrogen) atoms. The molecule has 1 saturated carbocycles. The molecule has 4 N–H and O–H groups in total. The van der Waals surface area contributed by atoms with E-state index in [0.717, 1.165) is 12.8 Å². The number of nitrogens with two attached hydrogens (primary N) is 2. The Morgan fingerprint density at radius 1 is 1.21 bits per heavy atom. The van der Waals surface area contributed by atoms with Gasteiger partial charge in [0.2, 0.25) is 0 Å². The summed E-state index contributed by atoms with van der Waals surface area (Å²) < 4.78 is 5.89. The van der Waals surface area contributed by atoms with Gasteiger partial charge in [-0.25, -0.2) is 4.99 Å². The number of hydrogen-bond donors (Lipinski definition) is 2. The number of nitrogen functional groups attached to an aromatic ring is 1. The van der Waals surface area contributed by atoms with Crippen molar-refractivity contribution in [1.29, 1.82) is 0 Å². The molecule has 1 atom stereocenters. The van der Waals surface area contributed by atoms with Gasteiger partial charge >= 0.3 is 0 Å². The van der Waals surface area contributed by atoms with Crippen LogP contribution in [0.3, 0.4) is 0 Å². The highest BCUT2D eigenvalue weighted by Crippen LogP contribution is 2.36. The molecule has 0 aromatic heterocycles. The lowest BCUT2D eigenvalue weighted by molar-refractivity contribution is -0.132. The number of amides is 1. The number of nitrogens with zero attached hydrogens (tertiary/aromatic N) is 2. The van der Waals surface area contributed by atoms with Crippen molar-refractivity contribution in [3.8, 4) is 5.75 Å². The minimum absolute atomic E-state index is 0.0685. The van der Waals surface area contributed by atoms with Crippen molar-refractivity contribution in [2.45, 2.75) is 44.1 Å². The van der Waals surface area contributed by atoms with E-state index in [1.165, 1.54) is 24.2 Å². The van der Waals surface area contributed by atoms with Crippen molar-refractivity contribution in [3.63, 3.8) is 0 Å². The SMILES string of the molecule is CN1C(=O)C(COc2ccc(N)cc2)(CC2CCCCC2)N=C1N. The van der Waals surface area contributed by atoms with E-state index in [-0.39, 0.29) is 18.5 Å². The van der Waals surface area contributed by atoms with Gasteiger partial charge in [-0.15, -0.1) is 0 Å². The van der Waals surface area contributed by atoms with Crippen LogP contribution in [0.25, 0.3) is 0 Å². The molecule has 0 saturated heterocycles. The zero-order valence-corrected chi connectivity index (χ0v) is 14.2. The van der Waals surface area contributed by atoms with Crippen LogP contribution in [-0.4, -0.2) is 36.0 Å². The molecule has 1 aliphatic carbocycles. The van der Waals surface area contributed by atoms with Gasteiger partial charge in [0.25, 0.3) is 5.91 Å². The molecule has 2 aliphatic rings. The van der Waals surface area contributed by atoms with Gasteiger partial charge in [0.1, 0.15) is 12.4 Å². The fourth-order valence-electron chi connectivity index (χ4n) is 3.68. The summed E-state index contributed by atoms with van der Waals surface area (Å²) in [5.74, 6) is 1.39. The third kappa shape index (κ3) is 3.32. The number of ether oxygens (including phenoxy) is 1. The Morgan fingerprint density at radius 3 is 2.46 bits per heavy atom. The Hall–Kier alpha value is -2.24. The van der Waals surface area contributed by atoms with Crippen LogP contribution in [0.1, 0.15) is 38.5 Å². The standard InChI is InChI=1S/C18H26N4O2/c1-22-16(23)18(21-17(22)20,11-13-5-3-2-4-6-13)12-24-15-9-7-14(19)8-10-15/h7-10,13H,2-6,11-12,19H2,1H3,(H2,20,21). The average molecular weight is 330 g/mol. The third-order valence-corrected chi connectivity index (χ3v) is 5.08. The van der Waals surface area contributed by atoms with Crippen molar-refractivity contribution in [3.05, 3.63) is 24.3 Å². The van der Waals surface area contributed by atoms with Crippen molar-refractivity contribution in [2.24, 2.45) is 16.6 Å². The van der Waals surface area contributed by atoms with E-state index in [9.17, 15) is 4.79 Å². The van der Waals surface area contributed by atoms with Crippen LogP contribution in [0.2, 0.25) is 0 Å². The number of guanidine groups is 1. The first-order valence-corrected chi connectivity index (χ1v) is 8.62. The number of benzene rings is 1. The maximum atomic E-state index is 12.8. The van der Waals surface area contributed by atoms with Gasteiger partial charge in [0.05, 0.1) is 0 Å². The molecule has 1 fully saturated rings. The predicted octanol–water partition coefficient (Wildman–Crippen LogP) is 2.14. The lowest BCUT2D eigenvalue weighted by atomic mass is 9.79. The van der Waals surface area contributed by atoms with Gasteiger partial charge in [0.15, 0.2) is 11.5 Å². The summed E-state index contributed by atoms with van der Waals surface area (Å²) >= 11 is 0. The second-order valence-electron chi connectivity index (χ2n) is 6.93. The van der Waals surface area contributed by atoms with E-state index < -0.39 is 5.54 Å². The zero-order chi connectivity index (χ0) is 17.2. The second kappa shape index (κ2) is 6.71. The van der Waals surface area contributed by atoms with Crippen molar-refractivity contribution >= 4 is 17.6 Å². The minimum Gasteiger partial charge on any atom is -0.490 e. The quantitative estimate of drug-likeness (QED) is 0.809. The van der Waals surface area contributed by atoms with E-state index >= 15 is 0 Å². The smallest absolute Gasteiger partial charge is 0.260 e. The van der Waals surface area contributed by atoms with Crippen LogP contribution in [0.15, 0.2) is 29.3 Å². The zero-order valence-electron chi connectivity index (χ0n) is 14.2. The van der Waals surface area contributed by atoms with Gasteiger partial charge in [-0.3, -0.25) is 9.69 Å². The first-order valence-electron chi connectivity index (χ1n) is 8.62. The predicted molar refractivity (Wildman–Crippen MR) is 94.7 cm³/mol. The first kappa shape index (κ1) is 16.6. The van der Waals surface area contributed by atoms with E-state index in [4.69, 9.17) is 16.2 Å². The molecule has 1 aromatic rings. The van der Waals surface area contributed by atoms with E-state index in [1.54, 1.807) is 31.3 Å². The van der Waals surface area contributed by atoms with Gasteiger partial charge in [0, 0.05) is 12.7 Å². The van der Waals surface area contributed by atoms with Crippen LogP contribution in [0.4, 0.5) is 5.69 Å². The van der Waals surface area contributed by atoms with Crippen LogP contribution in [0, 0.1) is 5.92 Å². The van der Waals surface area contributed by atoms with Gasteiger partial charge < -0.3 is 16.2 Å². The largest absolute Gasteiger partial charge is 0.490 e. The Morgan fingerprint density at radius 2 is 1.88 bits per heavy atom. The Labute approximate surface area is 142 Å². The van der Waals surface area contributed by atoms with Crippen LogP contribution in [0.5, 0.6) is 5.75 Å². The molecule has 1 aliphatic heterocycles. The Balaban J connectivity index is 1.77. The average Bonchev–Trinajstić information content (AvgIpc) is 2.80. The molecule has 1 unspecified atom stereocenters. The highest BCUT2D eigenvalue weighted by molar-refractivity contribution is 6.06. The fraction of sp³-hybridized carbons (Fsp3) is 0.556. The summed E-state index contributed by atoms with van der Waals surface area (Å²) in [6.45, 7) is 0.206. The molecule has 3 rings (SSSR count). The highest BCUT2D eigenvalue weighted by atomic mass is 16.5. The molecule has 1 amide bonds. The molecular formula is C18H26N4O2. The number of likely N-dealkylation sites (N-methyl/N-ethyl adjacent to an activating group) is 1. The number of anilines is 1. The molecule has 6 heteroatoms. The summed E-state index contributed by atoms with van der Waals surface area (Å²) in [6.07, 6.45) is 6.73. The number of hydrogen-bond acceptors (Lipinski definition) is 5. The molecular weight excluding hydrogens is 304 g/mol. The third-order valence-electron chi connectivity index (χ3n) is 5.08. The van der Waals surface area contributed by atoms with Crippen LogP contribution < -0.4 is 16.2 Å². The Bertz CT molecular complexity index is 622. The summed E-state index contributed by atoms with van der Waals surface area (Å²) in [5, 5.41) is 0. The van der Waals surface area contributed by atoms with Gasteiger partial charge in [-0.1, -0.05) is 32.1 Å². The molecule has 0 bridgehead atoms. The number of aliphatic imine (C=N–C) groups is 1. The molecule has 130 valence electrons. The molecule has 1 heterocycles. The summed E-state index contributed by atoms with van der Waals surface area (Å²) in [5.41, 5.74) is 11.4. The molecule has 6 nitrogen and oxygen atoms in total. The maximum absolute atomic E-state index is 12.8. The van der Waals surface area contributed by atoms with Crippen LogP contribution >= 0.6 is 0 Å². The maximum Gasteiger partial charge on any atom is 0.260 e. The number of rotatable bonds is 5. The van der Waals surface area contributed by atoms with E-state index in [2.05, 4.69) is 4.99 Å². The van der Waals surface area contributed by atoms with Crippen molar-refractivity contribution in [2.75, 3.05) is 19.4 Å². The number of carbonyl (C=O) groups is 1. The molecule has 1 aromatic carbocycles. The lowest BCUT2D eigenvalue weighted by Crippen LogP contribution is -2.47. The number of carbonyl (C=O) groups excluding carboxylic acids is 1. The molecule has 0 radical (unpaired) electrons. The summed E-state index contributed by atoms with van der Waals surface area (Å²) in [4.78, 5) is 18.8. The van der Waals surface area contributed by atoms with Crippen LogP contribution in [-0.2, 0) is 4.79 Å². The normalized spacial score (nSPS) is 25.0. The fourth-order valence-corrected chi connectivity index (χ4v) is 3.68. The van der Waals surface area contributed by atoms with Gasteiger partial charge in [-0.2, -0.15) is 0 Å². The van der Waals surface area contributed by atoms with E-state index in [1.807, 2.05) is 0 Å². The van der Waals surface area contributed by atoms with Crippen molar-refractivity contribution in [1.82, 2.24) is 4.90 Å². The second-order valence-corrected chi connectivity index (χ2v) is 6.93. The van der Waals surface area contributed by atoms with E-state index in [0.29, 0.717) is 23.8 Å². The minimum atomic E-state index is -0.901. The monoisotopic (exact) mass is 330 g/mol. The lowest BCUT2D eigenvalue weighted by Gasteiger charge is -2.31. The Kier molecular flexibility index (Phi) is 4.64. The van der Waals surface area contributed by atoms with Gasteiger partial charge in [-0.05, 0) is 36.6 Å². The molecule has 0 spiro atoms. The van der Waals surface area contributed by atoms with Crippen molar-refractivity contribution < 1.29 is 9.53 Å².